The maximum atomic E-state index is 13.1. The Morgan fingerprint density at radius 1 is 1.24 bits per heavy atom. The minimum Gasteiger partial charge on any atom is -0.375 e. The molecule has 1 aliphatic heterocycles. The number of rotatable bonds is 4. The summed E-state index contributed by atoms with van der Waals surface area (Å²) < 4.78 is 3.67. The molecule has 0 radical (unpaired) electrons. The van der Waals surface area contributed by atoms with Crippen LogP contribution in [0.3, 0.4) is 0 Å². The van der Waals surface area contributed by atoms with Crippen molar-refractivity contribution in [1.82, 2.24) is 14.5 Å². The zero-order valence-electron chi connectivity index (χ0n) is 15.1. The third-order valence-electron chi connectivity index (χ3n) is 5.61. The molecule has 0 bridgehead atoms. The highest BCUT2D eigenvalue weighted by Crippen LogP contribution is 2.27. The molecule has 0 N–H and O–H groups in total. The molecular weight excluding hydrogens is 332 g/mol. The highest BCUT2D eigenvalue weighted by molar-refractivity contribution is 7.16. The Labute approximate surface area is 151 Å². The van der Waals surface area contributed by atoms with Crippen molar-refractivity contribution in [2.75, 3.05) is 19.6 Å². The van der Waals surface area contributed by atoms with E-state index >= 15 is 0 Å². The first kappa shape index (κ1) is 16.8. The van der Waals surface area contributed by atoms with Crippen molar-refractivity contribution < 1.29 is 0 Å². The molecule has 0 unspecified atom stereocenters. The molecule has 2 aliphatic rings. The van der Waals surface area contributed by atoms with Crippen LogP contribution < -0.4 is 15.4 Å². The van der Waals surface area contributed by atoms with E-state index in [1.54, 1.807) is 6.33 Å². The standard InChI is InChI=1S/C19H26N4OS/c1-3-22(4-2)14-10-11-20-18-15(14)16-17(25-18)19(24)23(12-21-16)13-8-6-5-7-9-13/h12-13H,3-11H2,1-2H3. The van der Waals surface area contributed by atoms with Crippen LogP contribution in [0.1, 0.15) is 58.4 Å². The molecule has 134 valence electrons. The molecule has 5 nitrogen and oxygen atoms in total. The van der Waals surface area contributed by atoms with Crippen LogP contribution in [0.5, 0.6) is 0 Å². The lowest BCUT2D eigenvalue weighted by molar-refractivity contribution is 0.345. The summed E-state index contributed by atoms with van der Waals surface area (Å²) in [4.78, 5) is 25.0. The maximum absolute atomic E-state index is 13.1. The fourth-order valence-corrected chi connectivity index (χ4v) is 5.38. The van der Waals surface area contributed by atoms with Crippen LogP contribution >= 0.6 is 11.3 Å². The molecule has 1 saturated carbocycles. The van der Waals surface area contributed by atoms with E-state index in [-0.39, 0.29) is 5.56 Å². The van der Waals surface area contributed by atoms with Crippen LogP contribution in [0.4, 0.5) is 0 Å². The second-order valence-electron chi connectivity index (χ2n) is 6.96. The van der Waals surface area contributed by atoms with Crippen molar-refractivity contribution in [3.8, 4) is 0 Å². The predicted molar refractivity (Wildman–Crippen MR) is 103 cm³/mol. The molecule has 0 amide bonds. The van der Waals surface area contributed by atoms with Crippen molar-refractivity contribution >= 4 is 27.3 Å². The normalized spacial score (nSPS) is 18.2. The number of fused-ring (bicyclic) bond motifs is 3. The molecular formula is C19H26N4OS. The second-order valence-corrected chi connectivity index (χ2v) is 7.96. The molecule has 2 aromatic rings. The molecule has 6 heteroatoms. The van der Waals surface area contributed by atoms with Gasteiger partial charge in [-0.2, -0.15) is 0 Å². The summed E-state index contributed by atoms with van der Waals surface area (Å²) in [5.41, 5.74) is 2.30. The summed E-state index contributed by atoms with van der Waals surface area (Å²) in [7, 11) is 0. The van der Waals surface area contributed by atoms with Gasteiger partial charge in [-0.25, -0.2) is 4.98 Å². The Bertz CT molecular complexity index is 948. The van der Waals surface area contributed by atoms with Crippen LogP contribution in [0.15, 0.2) is 16.1 Å². The maximum Gasteiger partial charge on any atom is 0.271 e. The highest BCUT2D eigenvalue weighted by Gasteiger charge is 2.21. The Balaban J connectivity index is 1.94. The molecule has 25 heavy (non-hydrogen) atoms. The van der Waals surface area contributed by atoms with Crippen LogP contribution in [-0.4, -0.2) is 34.1 Å². The molecule has 1 fully saturated rings. The molecule has 1 aliphatic carbocycles. The van der Waals surface area contributed by atoms with Crippen molar-refractivity contribution in [2.45, 2.75) is 58.4 Å². The van der Waals surface area contributed by atoms with Gasteiger partial charge >= 0.3 is 0 Å². The third-order valence-corrected chi connectivity index (χ3v) is 6.71. The summed E-state index contributed by atoms with van der Waals surface area (Å²) in [6.07, 6.45) is 8.64. The Morgan fingerprint density at radius 2 is 2.00 bits per heavy atom. The lowest BCUT2D eigenvalue weighted by Crippen LogP contribution is -2.36. The first-order chi connectivity index (χ1) is 12.2. The number of hydrogen-bond donors (Lipinski definition) is 0. The van der Waals surface area contributed by atoms with Crippen molar-refractivity contribution in [3.05, 3.63) is 26.6 Å². The summed E-state index contributed by atoms with van der Waals surface area (Å²) in [5, 5.41) is 1.11. The van der Waals surface area contributed by atoms with Gasteiger partial charge in [0.1, 0.15) is 9.37 Å². The van der Waals surface area contributed by atoms with Gasteiger partial charge in [0, 0.05) is 37.8 Å². The summed E-state index contributed by atoms with van der Waals surface area (Å²) in [6, 6.07) is 0.320. The van der Waals surface area contributed by atoms with Crippen molar-refractivity contribution in [3.63, 3.8) is 0 Å². The Morgan fingerprint density at radius 3 is 2.72 bits per heavy atom. The van der Waals surface area contributed by atoms with E-state index in [4.69, 9.17) is 9.98 Å². The smallest absolute Gasteiger partial charge is 0.271 e. The molecule has 4 rings (SSSR count). The number of nitrogens with zero attached hydrogens (tertiary/aromatic N) is 4. The molecule has 0 spiro atoms. The number of aromatic nitrogens is 2. The van der Waals surface area contributed by atoms with Gasteiger partial charge in [0.25, 0.3) is 5.56 Å². The van der Waals surface area contributed by atoms with E-state index in [9.17, 15) is 4.79 Å². The van der Waals surface area contributed by atoms with E-state index in [2.05, 4.69) is 18.7 Å². The molecule has 0 atom stereocenters. The van der Waals surface area contributed by atoms with Gasteiger partial charge in [-0.1, -0.05) is 19.3 Å². The van der Waals surface area contributed by atoms with E-state index in [0.717, 1.165) is 59.0 Å². The minimum atomic E-state index is 0.130. The highest BCUT2D eigenvalue weighted by atomic mass is 32.1. The quantitative estimate of drug-likeness (QED) is 0.843. The average molecular weight is 359 g/mol. The molecule has 3 heterocycles. The monoisotopic (exact) mass is 358 g/mol. The molecule has 2 aromatic heterocycles. The van der Waals surface area contributed by atoms with Crippen LogP contribution in [0, 0.1) is 0 Å². The summed E-state index contributed by atoms with van der Waals surface area (Å²) in [5.74, 6) is 0. The first-order valence-corrected chi connectivity index (χ1v) is 10.4. The van der Waals surface area contributed by atoms with Gasteiger partial charge < -0.3 is 4.90 Å². The Kier molecular flexibility index (Phi) is 4.63. The number of hydrogen-bond acceptors (Lipinski definition) is 5. The van der Waals surface area contributed by atoms with E-state index in [0.29, 0.717) is 6.04 Å². The van der Waals surface area contributed by atoms with Gasteiger partial charge in [-0.15, -0.1) is 11.3 Å². The van der Waals surface area contributed by atoms with Crippen molar-refractivity contribution in [2.24, 2.45) is 4.99 Å². The molecule has 0 saturated heterocycles. The SMILES string of the molecule is CCN(CC)C1=c2c(sc3c(=O)n(C4CCCCC4)cnc23)=NCC1. The fraction of sp³-hybridized carbons (Fsp3) is 0.632. The second kappa shape index (κ2) is 6.90. The Hall–Kier alpha value is -1.69. The van der Waals surface area contributed by atoms with Crippen molar-refractivity contribution in [1.29, 1.82) is 0 Å². The first-order valence-electron chi connectivity index (χ1n) is 9.56. The van der Waals surface area contributed by atoms with Crippen LogP contribution in [0.2, 0.25) is 0 Å². The third kappa shape index (κ3) is 2.80. The van der Waals surface area contributed by atoms with Gasteiger partial charge in [0.2, 0.25) is 0 Å². The topological polar surface area (TPSA) is 50.5 Å². The van der Waals surface area contributed by atoms with E-state index in [1.807, 2.05) is 4.57 Å². The average Bonchev–Trinajstić information content (AvgIpc) is 3.04. The van der Waals surface area contributed by atoms with Gasteiger partial charge in [-0.05, 0) is 26.7 Å². The summed E-state index contributed by atoms with van der Waals surface area (Å²) in [6.45, 7) is 7.12. The lowest BCUT2D eigenvalue weighted by Gasteiger charge is -2.25. The molecule has 0 aromatic carbocycles. The largest absolute Gasteiger partial charge is 0.375 e. The van der Waals surface area contributed by atoms with Gasteiger partial charge in [0.15, 0.2) is 0 Å². The summed E-state index contributed by atoms with van der Waals surface area (Å²) >= 11 is 1.54. The minimum absolute atomic E-state index is 0.130. The van der Waals surface area contributed by atoms with Crippen LogP contribution in [0.25, 0.3) is 15.9 Å². The zero-order valence-corrected chi connectivity index (χ0v) is 15.9. The van der Waals surface area contributed by atoms with E-state index < -0.39 is 0 Å². The van der Waals surface area contributed by atoms with E-state index in [1.165, 1.54) is 36.3 Å². The van der Waals surface area contributed by atoms with Gasteiger partial charge in [-0.3, -0.25) is 14.4 Å². The lowest BCUT2D eigenvalue weighted by atomic mass is 9.95. The predicted octanol–water partition coefficient (Wildman–Crippen LogP) is 2.44. The fourth-order valence-electron chi connectivity index (χ4n) is 4.27. The number of thiophene rings is 1. The van der Waals surface area contributed by atoms with Gasteiger partial charge in [0.05, 0.1) is 17.1 Å². The zero-order chi connectivity index (χ0) is 17.4. The van der Waals surface area contributed by atoms with Crippen LogP contribution in [-0.2, 0) is 0 Å².